The second-order valence-corrected chi connectivity index (χ2v) is 6.35. The van der Waals surface area contributed by atoms with Crippen LogP contribution in [0.15, 0.2) is 0 Å². The SMILES string of the molecule is C[C@@H](CS(=O)CCl)NC(=O)OC(C)(C)C. The predicted molar refractivity (Wildman–Crippen MR) is 62.6 cm³/mol. The first kappa shape index (κ1) is 14.7. The normalized spacial score (nSPS) is 15.5. The lowest BCUT2D eigenvalue weighted by Crippen LogP contribution is -2.40. The second kappa shape index (κ2) is 6.33. The fourth-order valence-electron chi connectivity index (χ4n) is 0.874. The Bertz CT molecular complexity index is 240. The number of alkyl carbamates (subject to hydrolysis) is 1. The van der Waals surface area contributed by atoms with Crippen molar-refractivity contribution >= 4 is 28.5 Å². The largest absolute Gasteiger partial charge is 0.444 e. The van der Waals surface area contributed by atoms with Gasteiger partial charge in [0.25, 0.3) is 0 Å². The van der Waals surface area contributed by atoms with E-state index < -0.39 is 22.5 Å². The van der Waals surface area contributed by atoms with Crippen LogP contribution in [0, 0.1) is 0 Å². The maximum atomic E-state index is 11.3. The van der Waals surface area contributed by atoms with Crippen LogP contribution in [0.3, 0.4) is 0 Å². The molecule has 0 radical (unpaired) electrons. The number of alkyl halides is 1. The van der Waals surface area contributed by atoms with E-state index in [1.54, 1.807) is 27.7 Å². The quantitative estimate of drug-likeness (QED) is 0.780. The molecule has 0 aliphatic carbocycles. The van der Waals surface area contributed by atoms with Crippen molar-refractivity contribution in [2.45, 2.75) is 39.3 Å². The molecule has 0 fully saturated rings. The Morgan fingerprint density at radius 1 is 1.53 bits per heavy atom. The van der Waals surface area contributed by atoms with Crippen LogP contribution in [0.4, 0.5) is 4.79 Å². The molecule has 0 saturated carbocycles. The van der Waals surface area contributed by atoms with Gasteiger partial charge in [0.1, 0.15) is 5.60 Å². The molecule has 0 aliphatic heterocycles. The van der Waals surface area contributed by atoms with Gasteiger partial charge < -0.3 is 10.1 Å². The number of carbonyl (C=O) groups excluding carboxylic acids is 1. The Balaban J connectivity index is 3.92. The van der Waals surface area contributed by atoms with Crippen molar-refractivity contribution in [3.05, 3.63) is 0 Å². The zero-order chi connectivity index (χ0) is 12.1. The van der Waals surface area contributed by atoms with Gasteiger partial charge in [0, 0.05) is 22.6 Å². The number of amides is 1. The van der Waals surface area contributed by atoms with Crippen LogP contribution in [-0.2, 0) is 15.5 Å². The predicted octanol–water partition coefficient (Wildman–Crippen LogP) is 1.84. The molecule has 6 heteroatoms. The van der Waals surface area contributed by atoms with E-state index in [4.69, 9.17) is 16.3 Å². The van der Waals surface area contributed by atoms with Gasteiger partial charge in [-0.1, -0.05) is 0 Å². The van der Waals surface area contributed by atoms with Gasteiger partial charge in [-0.05, 0) is 27.7 Å². The Labute approximate surface area is 98.2 Å². The molecule has 2 atom stereocenters. The van der Waals surface area contributed by atoms with Gasteiger partial charge in [0.15, 0.2) is 0 Å². The highest BCUT2D eigenvalue weighted by Crippen LogP contribution is 2.06. The fourth-order valence-corrected chi connectivity index (χ4v) is 1.87. The molecule has 0 spiro atoms. The molecule has 1 unspecified atom stereocenters. The summed E-state index contributed by atoms with van der Waals surface area (Å²) in [7, 11) is -1.10. The summed E-state index contributed by atoms with van der Waals surface area (Å²) in [4.78, 5) is 11.3. The van der Waals surface area contributed by atoms with E-state index in [2.05, 4.69) is 5.32 Å². The van der Waals surface area contributed by atoms with E-state index in [1.165, 1.54) is 0 Å². The highest BCUT2D eigenvalue weighted by molar-refractivity contribution is 7.86. The molecule has 1 amide bonds. The lowest BCUT2D eigenvalue weighted by Gasteiger charge is -2.21. The topological polar surface area (TPSA) is 55.4 Å². The van der Waals surface area contributed by atoms with Crippen LogP contribution >= 0.6 is 11.6 Å². The van der Waals surface area contributed by atoms with Gasteiger partial charge in [-0.15, -0.1) is 11.6 Å². The van der Waals surface area contributed by atoms with Crippen LogP contribution in [0.2, 0.25) is 0 Å². The number of hydrogen-bond donors (Lipinski definition) is 1. The van der Waals surface area contributed by atoms with Crippen LogP contribution in [0.25, 0.3) is 0 Å². The Kier molecular flexibility index (Phi) is 6.20. The number of nitrogens with one attached hydrogen (secondary N) is 1. The summed E-state index contributed by atoms with van der Waals surface area (Å²) in [6.07, 6.45) is -0.499. The van der Waals surface area contributed by atoms with Crippen LogP contribution in [0.1, 0.15) is 27.7 Å². The molecule has 0 aliphatic rings. The smallest absolute Gasteiger partial charge is 0.407 e. The van der Waals surface area contributed by atoms with E-state index in [0.29, 0.717) is 5.75 Å². The number of rotatable bonds is 4. The molecule has 15 heavy (non-hydrogen) atoms. The zero-order valence-electron chi connectivity index (χ0n) is 9.50. The number of carbonyl (C=O) groups is 1. The number of halogens is 1. The summed E-state index contributed by atoms with van der Waals surface area (Å²) in [5.41, 5.74) is -0.518. The van der Waals surface area contributed by atoms with Crippen LogP contribution in [-0.4, -0.2) is 32.9 Å². The molecule has 0 saturated heterocycles. The standard InChI is InChI=1S/C9H18ClNO3S/c1-7(5-15(13)6-10)11-8(12)14-9(2,3)4/h7H,5-6H2,1-4H3,(H,11,12)/t7-,15?/m0/s1. The van der Waals surface area contributed by atoms with Crippen molar-refractivity contribution in [3.8, 4) is 0 Å². The van der Waals surface area contributed by atoms with Crippen LogP contribution < -0.4 is 5.32 Å². The monoisotopic (exact) mass is 255 g/mol. The zero-order valence-corrected chi connectivity index (χ0v) is 11.1. The lowest BCUT2D eigenvalue weighted by atomic mass is 10.2. The van der Waals surface area contributed by atoms with E-state index >= 15 is 0 Å². The minimum Gasteiger partial charge on any atom is -0.444 e. The first-order valence-corrected chi connectivity index (χ1v) is 6.67. The molecular weight excluding hydrogens is 238 g/mol. The summed E-state index contributed by atoms with van der Waals surface area (Å²) in [6.45, 7) is 7.12. The van der Waals surface area contributed by atoms with Gasteiger partial charge in [-0.25, -0.2) is 4.79 Å². The molecule has 0 aromatic heterocycles. The fraction of sp³-hybridized carbons (Fsp3) is 0.889. The van der Waals surface area contributed by atoms with Gasteiger partial charge in [0.05, 0.1) is 5.21 Å². The number of hydrogen-bond acceptors (Lipinski definition) is 3. The molecule has 0 aromatic rings. The molecule has 1 N–H and O–H groups in total. The summed E-state index contributed by atoms with van der Waals surface area (Å²) in [6, 6.07) is -0.209. The molecule has 90 valence electrons. The molecular formula is C9H18ClNO3S. The van der Waals surface area contributed by atoms with Crippen molar-refractivity contribution < 1.29 is 13.7 Å². The lowest BCUT2D eigenvalue weighted by molar-refractivity contribution is 0.0513. The van der Waals surface area contributed by atoms with E-state index in [9.17, 15) is 9.00 Å². The number of ether oxygens (including phenoxy) is 1. The third-order valence-electron chi connectivity index (χ3n) is 1.32. The molecule has 0 rings (SSSR count). The average Bonchev–Trinajstić information content (AvgIpc) is 1.99. The summed E-state index contributed by atoms with van der Waals surface area (Å²) in [5.74, 6) is 0.336. The van der Waals surface area contributed by atoms with Gasteiger partial charge in [-0.2, -0.15) is 0 Å². The maximum Gasteiger partial charge on any atom is 0.407 e. The van der Waals surface area contributed by atoms with E-state index in [-0.39, 0.29) is 11.3 Å². The van der Waals surface area contributed by atoms with Crippen molar-refractivity contribution in [1.82, 2.24) is 5.32 Å². The van der Waals surface area contributed by atoms with Crippen molar-refractivity contribution in [3.63, 3.8) is 0 Å². The van der Waals surface area contributed by atoms with Crippen molar-refractivity contribution in [2.75, 3.05) is 11.0 Å². The van der Waals surface area contributed by atoms with Gasteiger partial charge in [0.2, 0.25) is 0 Å². The Hall–Kier alpha value is -0.290. The maximum absolute atomic E-state index is 11.3. The Morgan fingerprint density at radius 3 is 2.47 bits per heavy atom. The second-order valence-electron chi connectivity index (χ2n) is 4.26. The first-order valence-electron chi connectivity index (χ1n) is 4.65. The van der Waals surface area contributed by atoms with Gasteiger partial charge in [-0.3, -0.25) is 4.21 Å². The van der Waals surface area contributed by atoms with Crippen LogP contribution in [0.5, 0.6) is 0 Å². The molecule has 4 nitrogen and oxygen atoms in total. The average molecular weight is 256 g/mol. The van der Waals surface area contributed by atoms with Gasteiger partial charge >= 0.3 is 6.09 Å². The molecule has 0 aromatic carbocycles. The highest BCUT2D eigenvalue weighted by Gasteiger charge is 2.18. The minimum absolute atomic E-state index is 0.0837. The highest BCUT2D eigenvalue weighted by atomic mass is 35.5. The minimum atomic E-state index is -1.10. The van der Waals surface area contributed by atoms with E-state index in [0.717, 1.165) is 0 Å². The molecule has 0 bridgehead atoms. The van der Waals surface area contributed by atoms with E-state index in [1.807, 2.05) is 0 Å². The first-order chi connectivity index (χ1) is 6.74. The Morgan fingerprint density at radius 2 is 2.07 bits per heavy atom. The molecule has 0 heterocycles. The third kappa shape index (κ3) is 8.69. The third-order valence-corrected chi connectivity index (χ3v) is 3.17. The summed E-state index contributed by atoms with van der Waals surface area (Å²) in [5, 5.41) is 2.67. The summed E-state index contributed by atoms with van der Waals surface area (Å²) < 4.78 is 16.1. The van der Waals surface area contributed by atoms with Crippen molar-refractivity contribution in [1.29, 1.82) is 0 Å². The summed E-state index contributed by atoms with van der Waals surface area (Å²) >= 11 is 5.39. The van der Waals surface area contributed by atoms with Crippen molar-refractivity contribution in [2.24, 2.45) is 0 Å².